The third-order valence-electron chi connectivity index (χ3n) is 2.74. The van der Waals surface area contributed by atoms with Crippen LogP contribution in [0.4, 0.5) is 4.79 Å². The van der Waals surface area contributed by atoms with Crippen molar-refractivity contribution in [2.24, 2.45) is 5.41 Å². The molecule has 2 amide bonds. The van der Waals surface area contributed by atoms with Gasteiger partial charge >= 0.3 is 6.03 Å². The van der Waals surface area contributed by atoms with E-state index in [-0.39, 0.29) is 11.4 Å². The summed E-state index contributed by atoms with van der Waals surface area (Å²) in [5, 5.41) is 6.08. The Morgan fingerprint density at radius 3 is 2.57 bits per heavy atom. The van der Waals surface area contributed by atoms with Crippen molar-refractivity contribution in [2.75, 3.05) is 26.7 Å². The first-order valence-electron chi connectivity index (χ1n) is 5.15. The molecule has 4 heteroatoms. The summed E-state index contributed by atoms with van der Waals surface area (Å²) in [5.74, 6) is 0. The van der Waals surface area contributed by atoms with Crippen molar-refractivity contribution in [3.05, 3.63) is 0 Å². The molecule has 1 saturated heterocycles. The van der Waals surface area contributed by atoms with Crippen molar-refractivity contribution in [3.8, 4) is 0 Å². The Kier molecular flexibility index (Phi) is 3.37. The highest BCUT2D eigenvalue weighted by Gasteiger charge is 2.28. The van der Waals surface area contributed by atoms with Crippen LogP contribution in [0.5, 0.6) is 0 Å². The topological polar surface area (TPSA) is 44.4 Å². The average molecular weight is 199 g/mol. The molecule has 82 valence electrons. The fourth-order valence-corrected chi connectivity index (χ4v) is 1.70. The zero-order valence-corrected chi connectivity index (χ0v) is 9.55. The van der Waals surface area contributed by atoms with Gasteiger partial charge in [0.25, 0.3) is 0 Å². The largest absolute Gasteiger partial charge is 0.336 e. The number of hydrogen-bond donors (Lipinski definition) is 2. The summed E-state index contributed by atoms with van der Waals surface area (Å²) in [7, 11) is 1.95. The van der Waals surface area contributed by atoms with Gasteiger partial charge in [0.1, 0.15) is 0 Å². The number of nitrogens with one attached hydrogen (secondary N) is 2. The summed E-state index contributed by atoms with van der Waals surface area (Å²) in [6.07, 6.45) is 0. The maximum atomic E-state index is 11.3. The molecule has 0 radical (unpaired) electrons. The smallest absolute Gasteiger partial charge is 0.317 e. The molecule has 0 bridgehead atoms. The van der Waals surface area contributed by atoms with E-state index in [1.54, 1.807) is 0 Å². The summed E-state index contributed by atoms with van der Waals surface area (Å²) in [4.78, 5) is 13.2. The molecule has 1 rings (SSSR count). The van der Waals surface area contributed by atoms with Crippen LogP contribution >= 0.6 is 0 Å². The standard InChI is InChI=1S/C10H21N3O/c1-10(2,3)8(11-4)7-13-6-5-12-9(13)14/h8,11H,5-7H2,1-4H3,(H,12,14)/t8-/m1/s1. The Hall–Kier alpha value is -0.770. The van der Waals surface area contributed by atoms with Crippen LogP contribution in [0.2, 0.25) is 0 Å². The Morgan fingerprint density at radius 1 is 1.57 bits per heavy atom. The first-order valence-corrected chi connectivity index (χ1v) is 5.15. The van der Waals surface area contributed by atoms with Crippen LogP contribution < -0.4 is 10.6 Å². The van der Waals surface area contributed by atoms with Crippen molar-refractivity contribution in [2.45, 2.75) is 26.8 Å². The van der Waals surface area contributed by atoms with Crippen LogP contribution in [0.15, 0.2) is 0 Å². The van der Waals surface area contributed by atoms with E-state index in [0.29, 0.717) is 6.04 Å². The van der Waals surface area contributed by atoms with Crippen molar-refractivity contribution in [1.82, 2.24) is 15.5 Å². The highest BCUT2D eigenvalue weighted by Crippen LogP contribution is 2.20. The molecule has 0 saturated carbocycles. The van der Waals surface area contributed by atoms with Gasteiger partial charge in [-0.3, -0.25) is 0 Å². The van der Waals surface area contributed by atoms with E-state index >= 15 is 0 Å². The zero-order valence-electron chi connectivity index (χ0n) is 9.55. The van der Waals surface area contributed by atoms with Gasteiger partial charge in [-0.1, -0.05) is 20.8 Å². The minimum Gasteiger partial charge on any atom is -0.336 e. The molecule has 1 atom stereocenters. The summed E-state index contributed by atoms with van der Waals surface area (Å²) >= 11 is 0. The van der Waals surface area contributed by atoms with Crippen molar-refractivity contribution in [3.63, 3.8) is 0 Å². The van der Waals surface area contributed by atoms with Gasteiger partial charge in [-0.15, -0.1) is 0 Å². The molecule has 0 unspecified atom stereocenters. The summed E-state index contributed by atoms with van der Waals surface area (Å²) in [6, 6.07) is 0.404. The van der Waals surface area contributed by atoms with Crippen LogP contribution in [0, 0.1) is 5.41 Å². The molecule has 0 aromatic heterocycles. The van der Waals surface area contributed by atoms with E-state index < -0.39 is 0 Å². The van der Waals surface area contributed by atoms with Crippen LogP contribution in [-0.2, 0) is 0 Å². The van der Waals surface area contributed by atoms with Crippen molar-refractivity contribution >= 4 is 6.03 Å². The first kappa shape index (κ1) is 11.3. The molecule has 1 fully saturated rings. The van der Waals surface area contributed by atoms with Crippen LogP contribution in [0.25, 0.3) is 0 Å². The number of hydrogen-bond acceptors (Lipinski definition) is 2. The molecular weight excluding hydrogens is 178 g/mol. The van der Waals surface area contributed by atoms with E-state index in [0.717, 1.165) is 19.6 Å². The fourth-order valence-electron chi connectivity index (χ4n) is 1.70. The molecule has 0 spiro atoms. The Balaban J connectivity index is 2.52. The Labute approximate surface area is 86.0 Å². The van der Waals surface area contributed by atoms with Crippen molar-refractivity contribution < 1.29 is 4.79 Å². The number of carbonyl (C=O) groups excluding carboxylic acids is 1. The van der Waals surface area contributed by atoms with Crippen LogP contribution in [0.1, 0.15) is 20.8 Å². The maximum absolute atomic E-state index is 11.3. The third-order valence-corrected chi connectivity index (χ3v) is 2.74. The second-order valence-corrected chi connectivity index (χ2v) is 4.89. The lowest BCUT2D eigenvalue weighted by Gasteiger charge is -2.33. The number of rotatable bonds is 3. The fraction of sp³-hybridized carbons (Fsp3) is 0.900. The second kappa shape index (κ2) is 4.17. The monoisotopic (exact) mass is 199 g/mol. The normalized spacial score (nSPS) is 19.7. The molecule has 2 N–H and O–H groups in total. The number of likely N-dealkylation sites (N-methyl/N-ethyl adjacent to an activating group) is 1. The Morgan fingerprint density at radius 2 is 2.21 bits per heavy atom. The average Bonchev–Trinajstić information content (AvgIpc) is 2.45. The van der Waals surface area contributed by atoms with Gasteiger partial charge in [0.05, 0.1) is 0 Å². The minimum atomic E-state index is 0.0644. The predicted molar refractivity (Wildman–Crippen MR) is 57.3 cm³/mol. The Bertz CT molecular complexity index is 210. The maximum Gasteiger partial charge on any atom is 0.317 e. The molecular formula is C10H21N3O. The molecule has 14 heavy (non-hydrogen) atoms. The molecule has 4 nitrogen and oxygen atoms in total. The van der Waals surface area contributed by atoms with Gasteiger partial charge in [-0.25, -0.2) is 4.79 Å². The van der Waals surface area contributed by atoms with E-state index in [9.17, 15) is 4.79 Å². The molecule has 1 aliphatic rings. The van der Waals surface area contributed by atoms with E-state index in [2.05, 4.69) is 31.4 Å². The van der Waals surface area contributed by atoms with Gasteiger partial charge in [-0.05, 0) is 12.5 Å². The zero-order chi connectivity index (χ0) is 10.8. The lowest BCUT2D eigenvalue weighted by atomic mass is 9.86. The predicted octanol–water partition coefficient (Wildman–Crippen LogP) is 0.646. The third kappa shape index (κ3) is 2.61. The van der Waals surface area contributed by atoms with Gasteiger partial charge < -0.3 is 15.5 Å². The number of carbonyl (C=O) groups is 1. The van der Waals surface area contributed by atoms with Gasteiger partial charge in [0, 0.05) is 25.7 Å². The molecule has 0 aromatic carbocycles. The summed E-state index contributed by atoms with van der Waals surface area (Å²) in [5.41, 5.74) is 0.178. The molecule has 0 aromatic rings. The highest BCUT2D eigenvalue weighted by atomic mass is 16.2. The summed E-state index contributed by atoms with van der Waals surface area (Å²) < 4.78 is 0. The quantitative estimate of drug-likeness (QED) is 0.701. The number of nitrogens with zero attached hydrogens (tertiary/aromatic N) is 1. The molecule has 1 heterocycles. The first-order chi connectivity index (χ1) is 6.45. The number of amides is 2. The summed E-state index contributed by atoms with van der Waals surface area (Å²) in [6.45, 7) is 8.94. The van der Waals surface area contributed by atoms with E-state index in [4.69, 9.17) is 0 Å². The van der Waals surface area contributed by atoms with Crippen molar-refractivity contribution in [1.29, 1.82) is 0 Å². The van der Waals surface area contributed by atoms with Crippen LogP contribution in [-0.4, -0.2) is 43.7 Å². The minimum absolute atomic E-state index is 0.0644. The van der Waals surface area contributed by atoms with E-state index in [1.807, 2.05) is 11.9 Å². The number of urea groups is 1. The highest BCUT2D eigenvalue weighted by molar-refractivity contribution is 5.76. The van der Waals surface area contributed by atoms with Crippen LogP contribution in [0.3, 0.4) is 0 Å². The molecule has 0 aliphatic carbocycles. The molecule has 1 aliphatic heterocycles. The second-order valence-electron chi connectivity index (χ2n) is 4.89. The van der Waals surface area contributed by atoms with E-state index in [1.165, 1.54) is 0 Å². The lowest BCUT2D eigenvalue weighted by molar-refractivity contribution is 0.188. The van der Waals surface area contributed by atoms with Gasteiger partial charge in [-0.2, -0.15) is 0 Å². The lowest BCUT2D eigenvalue weighted by Crippen LogP contribution is -2.48. The van der Waals surface area contributed by atoms with Gasteiger partial charge in [0.2, 0.25) is 0 Å². The van der Waals surface area contributed by atoms with Gasteiger partial charge in [0.15, 0.2) is 0 Å². The SMILES string of the molecule is CN[C@H](CN1CCNC1=O)C(C)(C)C.